The molecule has 1 fully saturated rings. The molecule has 2 aliphatic rings. The van der Waals surface area contributed by atoms with Crippen LogP contribution < -0.4 is 5.32 Å². The Morgan fingerprint density at radius 3 is 2.45 bits per heavy atom. The van der Waals surface area contributed by atoms with E-state index in [4.69, 9.17) is 4.74 Å². The Hall–Kier alpha value is -3.21. The van der Waals surface area contributed by atoms with Gasteiger partial charge in [0.05, 0.1) is 22.8 Å². The molecule has 1 N–H and O–H groups in total. The van der Waals surface area contributed by atoms with Crippen LogP contribution >= 0.6 is 0 Å². The number of hydrogen-bond donors (Lipinski definition) is 1. The molecule has 1 saturated carbocycles. The second kappa shape index (κ2) is 8.88. The fourth-order valence-corrected chi connectivity index (χ4v) is 3.90. The third kappa shape index (κ3) is 4.46. The third-order valence-corrected chi connectivity index (χ3v) is 6.21. The molecule has 3 rings (SSSR count). The van der Waals surface area contributed by atoms with Gasteiger partial charge in [-0.2, -0.15) is 5.26 Å². The zero-order valence-electron chi connectivity index (χ0n) is 18.1. The smallest absolute Gasteiger partial charge is 0.338 e. The van der Waals surface area contributed by atoms with Gasteiger partial charge in [0.15, 0.2) is 6.61 Å². The number of carbonyl (C=O) groups is 4. The highest BCUT2D eigenvalue weighted by atomic mass is 16.5. The number of benzene rings is 1. The van der Waals surface area contributed by atoms with Gasteiger partial charge in [0, 0.05) is 6.04 Å². The molecule has 0 unspecified atom stereocenters. The van der Waals surface area contributed by atoms with E-state index < -0.39 is 24.0 Å². The molecule has 31 heavy (non-hydrogen) atoms. The van der Waals surface area contributed by atoms with Gasteiger partial charge >= 0.3 is 5.97 Å². The number of nitrogens with zero attached hydrogens (tertiary/aromatic N) is 2. The van der Waals surface area contributed by atoms with E-state index in [0.717, 1.165) is 32.1 Å². The predicted molar refractivity (Wildman–Crippen MR) is 111 cm³/mol. The normalized spacial score (nSPS) is 18.4. The number of nitrogens with one attached hydrogen (secondary N) is 1. The molecular weight excluding hydrogens is 398 g/mol. The lowest BCUT2D eigenvalue weighted by Crippen LogP contribution is -2.50. The summed E-state index contributed by atoms with van der Waals surface area (Å²) >= 11 is 0. The highest BCUT2D eigenvalue weighted by Gasteiger charge is 2.40. The van der Waals surface area contributed by atoms with Crippen LogP contribution in [0.3, 0.4) is 0 Å². The van der Waals surface area contributed by atoms with Crippen molar-refractivity contribution in [3.8, 4) is 6.07 Å². The summed E-state index contributed by atoms with van der Waals surface area (Å²) < 4.78 is 5.05. The van der Waals surface area contributed by atoms with Gasteiger partial charge in [-0.3, -0.25) is 19.3 Å². The summed E-state index contributed by atoms with van der Waals surface area (Å²) in [4.78, 5) is 51.4. The van der Waals surface area contributed by atoms with Crippen LogP contribution in [0.2, 0.25) is 0 Å². The lowest BCUT2D eigenvalue weighted by molar-refractivity contribution is -0.125. The molecule has 0 bridgehead atoms. The highest BCUT2D eigenvalue weighted by Crippen LogP contribution is 2.31. The largest absolute Gasteiger partial charge is 0.452 e. The van der Waals surface area contributed by atoms with E-state index in [2.05, 4.69) is 5.32 Å². The van der Waals surface area contributed by atoms with E-state index in [-0.39, 0.29) is 40.5 Å². The SMILES string of the molecule is CC(C)[C@@](C)(C#N)NC(=O)COC(=O)c1ccc2c(c1)C(=O)N(C1CCCCC1)C2=O. The number of imide groups is 1. The van der Waals surface area contributed by atoms with Gasteiger partial charge in [0.1, 0.15) is 5.54 Å². The summed E-state index contributed by atoms with van der Waals surface area (Å²) in [6.07, 6.45) is 4.67. The highest BCUT2D eigenvalue weighted by molar-refractivity contribution is 6.22. The first-order valence-corrected chi connectivity index (χ1v) is 10.6. The molecule has 0 saturated heterocycles. The zero-order chi connectivity index (χ0) is 22.8. The first kappa shape index (κ1) is 22.5. The molecular formula is C23H27N3O5. The summed E-state index contributed by atoms with van der Waals surface area (Å²) in [6.45, 7) is 4.64. The lowest BCUT2D eigenvalue weighted by atomic mass is 9.90. The Morgan fingerprint density at radius 2 is 1.84 bits per heavy atom. The average molecular weight is 425 g/mol. The van der Waals surface area contributed by atoms with Crippen LogP contribution in [0.4, 0.5) is 0 Å². The van der Waals surface area contributed by atoms with E-state index >= 15 is 0 Å². The van der Waals surface area contributed by atoms with Gasteiger partial charge in [-0.25, -0.2) is 4.79 Å². The average Bonchev–Trinajstić information content (AvgIpc) is 3.02. The second-order valence-corrected chi connectivity index (χ2v) is 8.63. The summed E-state index contributed by atoms with van der Waals surface area (Å²) in [5.41, 5.74) is -0.519. The zero-order valence-corrected chi connectivity index (χ0v) is 18.1. The molecule has 1 aliphatic carbocycles. The fraction of sp³-hybridized carbons (Fsp3) is 0.522. The minimum Gasteiger partial charge on any atom is -0.452 e. The number of fused-ring (bicyclic) bond motifs is 1. The summed E-state index contributed by atoms with van der Waals surface area (Å²) in [5, 5.41) is 11.8. The summed E-state index contributed by atoms with van der Waals surface area (Å²) in [5.74, 6) is -2.22. The molecule has 3 amide bonds. The van der Waals surface area contributed by atoms with Crippen molar-refractivity contribution in [2.24, 2.45) is 5.92 Å². The van der Waals surface area contributed by atoms with Gasteiger partial charge in [-0.15, -0.1) is 0 Å². The van der Waals surface area contributed by atoms with Crippen molar-refractivity contribution in [3.63, 3.8) is 0 Å². The van der Waals surface area contributed by atoms with E-state index in [1.165, 1.54) is 23.1 Å². The topological polar surface area (TPSA) is 117 Å². The predicted octanol–water partition coefficient (Wildman–Crippen LogP) is 2.83. The molecule has 1 atom stereocenters. The Kier molecular flexibility index (Phi) is 6.44. The van der Waals surface area contributed by atoms with Crippen molar-refractivity contribution in [3.05, 3.63) is 34.9 Å². The Balaban J connectivity index is 1.67. The lowest BCUT2D eigenvalue weighted by Gasteiger charge is -2.29. The minimum absolute atomic E-state index is 0.0881. The van der Waals surface area contributed by atoms with Gasteiger partial charge in [-0.05, 0) is 43.9 Å². The van der Waals surface area contributed by atoms with Crippen molar-refractivity contribution in [1.29, 1.82) is 5.26 Å². The van der Waals surface area contributed by atoms with Crippen LogP contribution in [0.25, 0.3) is 0 Å². The molecule has 1 aromatic carbocycles. The Bertz CT molecular complexity index is 958. The van der Waals surface area contributed by atoms with Crippen molar-refractivity contribution in [2.75, 3.05) is 6.61 Å². The van der Waals surface area contributed by atoms with Crippen LogP contribution in [-0.4, -0.2) is 46.8 Å². The fourth-order valence-electron chi connectivity index (χ4n) is 3.90. The Morgan fingerprint density at radius 1 is 1.19 bits per heavy atom. The molecule has 1 heterocycles. The first-order valence-electron chi connectivity index (χ1n) is 10.6. The van der Waals surface area contributed by atoms with Crippen molar-refractivity contribution in [1.82, 2.24) is 10.2 Å². The van der Waals surface area contributed by atoms with Crippen molar-refractivity contribution < 1.29 is 23.9 Å². The minimum atomic E-state index is -1.08. The van der Waals surface area contributed by atoms with E-state index in [1.807, 2.05) is 6.07 Å². The molecule has 8 heteroatoms. The quantitative estimate of drug-likeness (QED) is 0.553. The number of carbonyl (C=O) groups excluding carboxylic acids is 4. The molecule has 8 nitrogen and oxygen atoms in total. The number of ether oxygens (including phenoxy) is 1. The van der Waals surface area contributed by atoms with Gasteiger partial charge in [0.2, 0.25) is 0 Å². The number of esters is 1. The third-order valence-electron chi connectivity index (χ3n) is 6.21. The van der Waals surface area contributed by atoms with Gasteiger partial charge in [-0.1, -0.05) is 33.1 Å². The van der Waals surface area contributed by atoms with Crippen molar-refractivity contribution >= 4 is 23.7 Å². The van der Waals surface area contributed by atoms with Crippen LogP contribution in [0.5, 0.6) is 0 Å². The van der Waals surface area contributed by atoms with Crippen LogP contribution in [0.15, 0.2) is 18.2 Å². The van der Waals surface area contributed by atoms with Crippen molar-refractivity contribution in [2.45, 2.75) is 64.5 Å². The molecule has 0 radical (unpaired) electrons. The molecule has 1 aromatic rings. The van der Waals surface area contributed by atoms with E-state index in [1.54, 1.807) is 20.8 Å². The van der Waals surface area contributed by atoms with Crippen LogP contribution in [-0.2, 0) is 9.53 Å². The Labute approximate surface area is 181 Å². The van der Waals surface area contributed by atoms with Gasteiger partial charge < -0.3 is 10.1 Å². The molecule has 1 aliphatic heterocycles. The maximum atomic E-state index is 12.9. The van der Waals surface area contributed by atoms with Crippen LogP contribution in [0, 0.1) is 17.2 Å². The maximum Gasteiger partial charge on any atom is 0.338 e. The van der Waals surface area contributed by atoms with E-state index in [0.29, 0.717) is 0 Å². The summed E-state index contributed by atoms with van der Waals surface area (Å²) in [6, 6.07) is 6.18. The molecule has 0 spiro atoms. The first-order chi connectivity index (χ1) is 14.7. The second-order valence-electron chi connectivity index (χ2n) is 8.63. The van der Waals surface area contributed by atoms with Gasteiger partial charge in [0.25, 0.3) is 17.7 Å². The van der Waals surface area contributed by atoms with E-state index in [9.17, 15) is 24.4 Å². The number of amides is 3. The molecule has 164 valence electrons. The molecule has 0 aromatic heterocycles. The summed E-state index contributed by atoms with van der Waals surface area (Å²) in [7, 11) is 0. The maximum absolute atomic E-state index is 12.9. The number of nitriles is 1. The monoisotopic (exact) mass is 425 g/mol. The van der Waals surface area contributed by atoms with Crippen LogP contribution in [0.1, 0.15) is 83.9 Å². The standard InChI is InChI=1S/C23H27N3O5/c1-14(2)23(3,13-24)25-19(27)12-31-22(30)15-9-10-17-18(11-15)21(29)26(20(17)28)16-7-5-4-6-8-16/h9-11,14,16H,4-8,12H2,1-3H3,(H,25,27)/t23-/m1/s1. The number of rotatable bonds is 6. The number of hydrogen-bond acceptors (Lipinski definition) is 6.